The highest BCUT2D eigenvalue weighted by Crippen LogP contribution is 2.38. The maximum atomic E-state index is 13.0. The molecule has 0 saturated carbocycles. The van der Waals surface area contributed by atoms with Crippen molar-refractivity contribution in [3.63, 3.8) is 0 Å². The number of nitrogens with zero attached hydrogens (tertiary/aromatic N) is 2. The van der Waals surface area contributed by atoms with E-state index in [0.717, 1.165) is 15.9 Å². The number of fused-ring (bicyclic) bond motifs is 1. The molecule has 6 heteroatoms. The molecule has 0 N–H and O–H groups in total. The summed E-state index contributed by atoms with van der Waals surface area (Å²) in [5.74, 6) is -0.647. The van der Waals surface area contributed by atoms with Gasteiger partial charge in [0.2, 0.25) is 11.6 Å². The molecular weight excluding hydrogens is 331 g/mol. The molecule has 0 radical (unpaired) electrons. The van der Waals surface area contributed by atoms with E-state index in [1.165, 1.54) is 18.3 Å². The Hall–Kier alpha value is -2.14. The molecule has 1 aromatic carbocycles. The minimum atomic E-state index is -0.437. The molecule has 0 saturated heterocycles. The minimum Gasteiger partial charge on any atom is -0.618 e. The van der Waals surface area contributed by atoms with E-state index in [4.69, 9.17) is 11.6 Å². The number of pyridine rings is 1. The Morgan fingerprint density at radius 1 is 1.33 bits per heavy atom. The highest BCUT2D eigenvalue weighted by molar-refractivity contribution is 6.29. The van der Waals surface area contributed by atoms with E-state index in [1.807, 2.05) is 19.9 Å². The normalized spacial score (nSPS) is 15.4. The van der Waals surface area contributed by atoms with Gasteiger partial charge in [-0.2, -0.15) is 4.73 Å². The van der Waals surface area contributed by atoms with E-state index in [9.17, 15) is 14.4 Å². The quantitative estimate of drug-likeness (QED) is 0.486. The van der Waals surface area contributed by atoms with Gasteiger partial charge in [-0.05, 0) is 37.6 Å². The van der Waals surface area contributed by atoms with Gasteiger partial charge in [0.15, 0.2) is 6.20 Å². The lowest BCUT2D eigenvalue weighted by Gasteiger charge is -2.17. The molecule has 0 fully saturated rings. The van der Waals surface area contributed by atoms with Gasteiger partial charge in [-0.15, -0.1) is 11.6 Å². The number of aromatic nitrogens is 1. The first-order valence-electron chi connectivity index (χ1n) is 7.69. The zero-order chi connectivity index (χ0) is 17.5. The average molecular weight is 349 g/mol. The van der Waals surface area contributed by atoms with Crippen molar-refractivity contribution in [1.82, 2.24) is 0 Å². The third kappa shape index (κ3) is 2.96. The van der Waals surface area contributed by atoms with Gasteiger partial charge in [0.1, 0.15) is 17.4 Å². The number of hydrogen-bond donors (Lipinski definition) is 0. The summed E-state index contributed by atoms with van der Waals surface area (Å²) in [5, 5.41) is 12.5. The summed E-state index contributed by atoms with van der Waals surface area (Å²) < 4.78 is 13.9. The molecule has 0 atom stereocenters. The van der Waals surface area contributed by atoms with Gasteiger partial charge in [-0.3, -0.25) is 4.79 Å². The van der Waals surface area contributed by atoms with Crippen LogP contribution in [0.3, 0.4) is 0 Å². The van der Waals surface area contributed by atoms with Crippen LogP contribution in [0, 0.1) is 11.0 Å². The second-order valence-electron chi connectivity index (χ2n) is 6.71. The van der Waals surface area contributed by atoms with Crippen molar-refractivity contribution in [2.45, 2.75) is 25.7 Å². The fourth-order valence-corrected chi connectivity index (χ4v) is 3.39. The summed E-state index contributed by atoms with van der Waals surface area (Å²) in [4.78, 5) is 13.7. The van der Waals surface area contributed by atoms with E-state index >= 15 is 0 Å². The molecule has 24 heavy (non-hydrogen) atoms. The number of hydrogen-bond acceptors (Lipinski definition) is 2. The Bertz CT molecular complexity index is 790. The number of amides is 1. The molecule has 0 aliphatic carbocycles. The summed E-state index contributed by atoms with van der Waals surface area (Å²) in [6.07, 6.45) is 2.01. The van der Waals surface area contributed by atoms with Crippen LogP contribution >= 0.6 is 11.6 Å². The SMILES string of the molecule is CC1(C)CN(C(=O)CCl)c2cc(Cc3ccc(F)cc3)c[n+]([O-])c21. The number of benzene rings is 1. The predicted molar refractivity (Wildman–Crippen MR) is 90.7 cm³/mol. The van der Waals surface area contributed by atoms with E-state index in [1.54, 1.807) is 17.0 Å². The number of rotatable bonds is 3. The van der Waals surface area contributed by atoms with Crippen LogP contribution in [0.25, 0.3) is 0 Å². The summed E-state index contributed by atoms with van der Waals surface area (Å²) >= 11 is 5.70. The van der Waals surface area contributed by atoms with Gasteiger partial charge in [0.25, 0.3) is 0 Å². The van der Waals surface area contributed by atoms with Crippen LogP contribution in [0.15, 0.2) is 36.5 Å². The van der Waals surface area contributed by atoms with E-state index in [-0.39, 0.29) is 17.6 Å². The van der Waals surface area contributed by atoms with Crippen LogP contribution in [0.5, 0.6) is 0 Å². The summed E-state index contributed by atoms with van der Waals surface area (Å²) in [6, 6.07) is 8.00. The number of carbonyl (C=O) groups excluding carboxylic acids is 1. The second kappa shape index (κ2) is 6.06. The fraction of sp³-hybridized carbons (Fsp3) is 0.333. The molecule has 126 valence electrons. The Labute approximate surface area is 145 Å². The van der Waals surface area contributed by atoms with Gasteiger partial charge in [-0.25, -0.2) is 4.39 Å². The van der Waals surface area contributed by atoms with Crippen molar-refractivity contribution in [2.24, 2.45) is 0 Å². The Kier molecular flexibility index (Phi) is 4.22. The number of alkyl halides is 1. The molecule has 2 aromatic rings. The monoisotopic (exact) mass is 348 g/mol. The number of halogens is 2. The zero-order valence-corrected chi connectivity index (χ0v) is 14.3. The lowest BCUT2D eigenvalue weighted by Crippen LogP contribution is -2.39. The average Bonchev–Trinajstić information content (AvgIpc) is 2.80. The lowest BCUT2D eigenvalue weighted by atomic mass is 9.91. The number of anilines is 1. The largest absolute Gasteiger partial charge is 0.618 e. The molecule has 0 spiro atoms. The molecule has 1 aromatic heterocycles. The standard InChI is InChI=1S/C18H18ClFN2O2/c1-18(2)11-21(16(23)9-19)15-8-13(10-22(24)17(15)18)7-12-3-5-14(20)6-4-12/h3-6,8,10H,7,9,11H2,1-2H3. The zero-order valence-electron chi connectivity index (χ0n) is 13.6. The predicted octanol–water partition coefficient (Wildman–Crippen LogP) is 2.91. The van der Waals surface area contributed by atoms with Gasteiger partial charge in [0, 0.05) is 18.5 Å². The van der Waals surface area contributed by atoms with Gasteiger partial charge < -0.3 is 10.1 Å². The Balaban J connectivity index is 2.01. The maximum absolute atomic E-state index is 13.0. The van der Waals surface area contributed by atoms with Crippen LogP contribution in [0.4, 0.5) is 10.1 Å². The Morgan fingerprint density at radius 2 is 2.00 bits per heavy atom. The van der Waals surface area contributed by atoms with Crippen molar-refractivity contribution in [3.05, 3.63) is 64.4 Å². The van der Waals surface area contributed by atoms with Gasteiger partial charge in [-0.1, -0.05) is 12.1 Å². The number of carbonyl (C=O) groups is 1. The highest BCUT2D eigenvalue weighted by atomic mass is 35.5. The van der Waals surface area contributed by atoms with Crippen LogP contribution in [0.1, 0.15) is 30.7 Å². The van der Waals surface area contributed by atoms with E-state index < -0.39 is 5.41 Å². The summed E-state index contributed by atoms with van der Waals surface area (Å²) in [6.45, 7) is 4.29. The molecule has 2 heterocycles. The smallest absolute Gasteiger partial charge is 0.242 e. The summed E-state index contributed by atoms with van der Waals surface area (Å²) in [7, 11) is 0. The molecule has 0 unspecified atom stereocenters. The summed E-state index contributed by atoms with van der Waals surface area (Å²) in [5.41, 5.74) is 2.40. The van der Waals surface area contributed by atoms with Crippen molar-refractivity contribution in [2.75, 3.05) is 17.3 Å². The molecule has 4 nitrogen and oxygen atoms in total. The van der Waals surface area contributed by atoms with Crippen molar-refractivity contribution in [3.8, 4) is 0 Å². The van der Waals surface area contributed by atoms with Crippen LogP contribution in [-0.2, 0) is 16.6 Å². The molecule has 3 rings (SSSR count). The third-order valence-corrected chi connectivity index (χ3v) is 4.52. The molecular formula is C18H18ClFN2O2. The van der Waals surface area contributed by atoms with Crippen molar-refractivity contribution in [1.29, 1.82) is 0 Å². The third-order valence-electron chi connectivity index (χ3n) is 4.29. The van der Waals surface area contributed by atoms with Crippen LogP contribution in [0.2, 0.25) is 0 Å². The fourth-order valence-electron chi connectivity index (χ4n) is 3.24. The molecule has 1 aliphatic heterocycles. The van der Waals surface area contributed by atoms with Crippen LogP contribution in [-0.4, -0.2) is 18.3 Å². The molecule has 1 amide bonds. The maximum Gasteiger partial charge on any atom is 0.242 e. The van der Waals surface area contributed by atoms with Crippen molar-refractivity contribution >= 4 is 23.2 Å². The second-order valence-corrected chi connectivity index (χ2v) is 6.98. The van der Waals surface area contributed by atoms with E-state index in [2.05, 4.69) is 0 Å². The minimum absolute atomic E-state index is 0.128. The first-order valence-corrected chi connectivity index (χ1v) is 8.22. The highest BCUT2D eigenvalue weighted by Gasteiger charge is 2.44. The topological polar surface area (TPSA) is 47.2 Å². The molecule has 1 aliphatic rings. The van der Waals surface area contributed by atoms with Crippen LogP contribution < -0.4 is 9.63 Å². The molecule has 0 bridgehead atoms. The van der Waals surface area contributed by atoms with Crippen molar-refractivity contribution < 1.29 is 13.9 Å². The lowest BCUT2D eigenvalue weighted by molar-refractivity contribution is -0.616. The first kappa shape index (κ1) is 16.7. The Morgan fingerprint density at radius 3 is 2.62 bits per heavy atom. The van der Waals surface area contributed by atoms with E-state index in [0.29, 0.717) is 24.3 Å². The first-order chi connectivity index (χ1) is 11.3. The van der Waals surface area contributed by atoms with Gasteiger partial charge >= 0.3 is 0 Å². The van der Waals surface area contributed by atoms with Gasteiger partial charge in [0.05, 0.1) is 5.41 Å².